The van der Waals surface area contributed by atoms with E-state index in [4.69, 9.17) is 10.00 Å². The lowest BCUT2D eigenvalue weighted by molar-refractivity contribution is -0.121. The SMILES string of the molecule is Cc1cc(C)cc(N(CCC#N)C(=O)COC(=O)c2cn3ccc(C)cc3n2)c1. The number of carbonyl (C=O) groups excluding carboxylic acids is 2. The van der Waals surface area contributed by atoms with Gasteiger partial charge in [0, 0.05) is 24.6 Å². The van der Waals surface area contributed by atoms with Gasteiger partial charge in [-0.3, -0.25) is 4.79 Å². The predicted molar refractivity (Wildman–Crippen MR) is 109 cm³/mol. The molecule has 0 aliphatic heterocycles. The van der Waals surface area contributed by atoms with E-state index in [2.05, 4.69) is 4.98 Å². The lowest BCUT2D eigenvalue weighted by atomic mass is 10.1. The average Bonchev–Trinajstić information content (AvgIpc) is 3.09. The summed E-state index contributed by atoms with van der Waals surface area (Å²) in [6, 6.07) is 11.5. The number of hydrogen-bond donors (Lipinski definition) is 0. The maximum absolute atomic E-state index is 12.7. The molecule has 7 nitrogen and oxygen atoms in total. The van der Waals surface area contributed by atoms with Crippen LogP contribution in [0.3, 0.4) is 0 Å². The van der Waals surface area contributed by atoms with Crippen molar-refractivity contribution in [1.82, 2.24) is 9.38 Å². The van der Waals surface area contributed by atoms with Crippen molar-refractivity contribution >= 4 is 23.2 Å². The fourth-order valence-corrected chi connectivity index (χ4v) is 3.13. The molecule has 0 spiro atoms. The first kappa shape index (κ1) is 20.1. The lowest BCUT2D eigenvalue weighted by Crippen LogP contribution is -2.35. The quantitative estimate of drug-likeness (QED) is 0.602. The zero-order chi connectivity index (χ0) is 21.0. The number of fused-ring (bicyclic) bond motifs is 1. The molecule has 3 aromatic rings. The van der Waals surface area contributed by atoms with Crippen LogP contribution in [0, 0.1) is 32.1 Å². The fraction of sp³-hybridized carbons (Fsp3) is 0.273. The molecule has 7 heteroatoms. The van der Waals surface area contributed by atoms with Crippen molar-refractivity contribution in [3.05, 3.63) is 65.1 Å². The Bertz CT molecular complexity index is 1090. The number of esters is 1. The Labute approximate surface area is 169 Å². The number of imidazole rings is 1. The predicted octanol–water partition coefficient (Wildman–Crippen LogP) is 3.36. The van der Waals surface area contributed by atoms with E-state index in [0.717, 1.165) is 16.7 Å². The molecule has 29 heavy (non-hydrogen) atoms. The van der Waals surface area contributed by atoms with Crippen LogP contribution in [-0.4, -0.2) is 34.4 Å². The standard InChI is InChI=1S/C22H22N4O3/c1-15-5-8-25-13-19(24-20(25)12-15)22(28)29-14-21(27)26(7-4-6-23)18-10-16(2)9-17(3)11-18/h5,8-13H,4,7,14H2,1-3H3. The number of hydrogen-bond acceptors (Lipinski definition) is 5. The number of nitriles is 1. The van der Waals surface area contributed by atoms with Crippen LogP contribution < -0.4 is 4.90 Å². The molecule has 0 N–H and O–H groups in total. The summed E-state index contributed by atoms with van der Waals surface area (Å²) in [5, 5.41) is 8.92. The van der Waals surface area contributed by atoms with E-state index in [1.54, 1.807) is 10.6 Å². The van der Waals surface area contributed by atoms with Crippen molar-refractivity contribution < 1.29 is 14.3 Å². The van der Waals surface area contributed by atoms with Crippen LogP contribution in [0.15, 0.2) is 42.7 Å². The number of amides is 1. The molecule has 2 aromatic heterocycles. The third kappa shape index (κ3) is 4.79. The molecular formula is C22H22N4O3. The monoisotopic (exact) mass is 390 g/mol. The smallest absolute Gasteiger partial charge is 0.359 e. The highest BCUT2D eigenvalue weighted by Gasteiger charge is 2.20. The van der Waals surface area contributed by atoms with Gasteiger partial charge in [-0.25, -0.2) is 9.78 Å². The molecule has 1 amide bonds. The number of pyridine rings is 1. The minimum Gasteiger partial charge on any atom is -0.451 e. The summed E-state index contributed by atoms with van der Waals surface area (Å²) in [4.78, 5) is 30.8. The van der Waals surface area contributed by atoms with Gasteiger partial charge in [-0.2, -0.15) is 5.26 Å². The first-order chi connectivity index (χ1) is 13.9. The van der Waals surface area contributed by atoms with Gasteiger partial charge < -0.3 is 14.0 Å². The van der Waals surface area contributed by atoms with Crippen LogP contribution in [0.2, 0.25) is 0 Å². The highest BCUT2D eigenvalue weighted by molar-refractivity contribution is 5.97. The number of ether oxygens (including phenoxy) is 1. The molecule has 3 rings (SSSR count). The summed E-state index contributed by atoms with van der Waals surface area (Å²) in [6.07, 6.45) is 3.56. The van der Waals surface area contributed by atoms with Gasteiger partial charge in [0.1, 0.15) is 5.65 Å². The van der Waals surface area contributed by atoms with E-state index in [-0.39, 0.29) is 18.7 Å². The van der Waals surface area contributed by atoms with Crippen LogP contribution in [0.1, 0.15) is 33.6 Å². The molecule has 2 heterocycles. The van der Waals surface area contributed by atoms with E-state index in [1.807, 2.05) is 63.4 Å². The molecular weight excluding hydrogens is 368 g/mol. The van der Waals surface area contributed by atoms with E-state index in [0.29, 0.717) is 11.3 Å². The Hall–Kier alpha value is -3.66. The maximum atomic E-state index is 12.7. The third-order valence-electron chi connectivity index (χ3n) is 4.42. The Kier molecular flexibility index (Phi) is 5.93. The van der Waals surface area contributed by atoms with E-state index < -0.39 is 18.5 Å². The fourth-order valence-electron chi connectivity index (χ4n) is 3.13. The Balaban J connectivity index is 1.73. The summed E-state index contributed by atoms with van der Waals surface area (Å²) in [7, 11) is 0. The number of benzene rings is 1. The molecule has 1 aromatic carbocycles. The topological polar surface area (TPSA) is 87.7 Å². The molecule has 0 unspecified atom stereocenters. The molecule has 0 atom stereocenters. The van der Waals surface area contributed by atoms with Crippen LogP contribution in [-0.2, 0) is 9.53 Å². The van der Waals surface area contributed by atoms with Crippen LogP contribution in [0.4, 0.5) is 5.69 Å². The highest BCUT2D eigenvalue weighted by Crippen LogP contribution is 2.19. The molecule has 0 radical (unpaired) electrons. The van der Waals surface area contributed by atoms with Crippen molar-refractivity contribution in [1.29, 1.82) is 5.26 Å². The van der Waals surface area contributed by atoms with E-state index in [1.165, 1.54) is 4.90 Å². The Morgan fingerprint density at radius 2 is 1.86 bits per heavy atom. The van der Waals surface area contributed by atoms with Gasteiger partial charge in [0.05, 0.1) is 12.5 Å². The number of rotatable bonds is 6. The Morgan fingerprint density at radius 1 is 1.14 bits per heavy atom. The van der Waals surface area contributed by atoms with E-state index >= 15 is 0 Å². The van der Waals surface area contributed by atoms with Crippen LogP contribution in [0.25, 0.3) is 5.65 Å². The second-order valence-corrected chi connectivity index (χ2v) is 6.97. The van der Waals surface area contributed by atoms with Crippen molar-refractivity contribution in [3.63, 3.8) is 0 Å². The Morgan fingerprint density at radius 3 is 2.55 bits per heavy atom. The average molecular weight is 390 g/mol. The van der Waals surface area contributed by atoms with Gasteiger partial charge in [0.25, 0.3) is 5.91 Å². The third-order valence-corrected chi connectivity index (χ3v) is 4.42. The molecule has 0 fully saturated rings. The van der Waals surface area contributed by atoms with E-state index in [9.17, 15) is 9.59 Å². The van der Waals surface area contributed by atoms with Gasteiger partial charge in [-0.1, -0.05) is 6.07 Å². The summed E-state index contributed by atoms with van der Waals surface area (Å²) in [5.74, 6) is -1.06. The number of nitrogens with zero attached hydrogens (tertiary/aromatic N) is 4. The lowest BCUT2D eigenvalue weighted by Gasteiger charge is -2.22. The summed E-state index contributed by atoms with van der Waals surface area (Å²) < 4.78 is 6.93. The summed E-state index contributed by atoms with van der Waals surface area (Å²) >= 11 is 0. The second kappa shape index (κ2) is 8.57. The summed E-state index contributed by atoms with van der Waals surface area (Å²) in [5.41, 5.74) is 4.49. The second-order valence-electron chi connectivity index (χ2n) is 6.97. The first-order valence-electron chi connectivity index (χ1n) is 9.25. The van der Waals surface area contributed by atoms with Crippen molar-refractivity contribution in [2.45, 2.75) is 27.2 Å². The van der Waals surface area contributed by atoms with Gasteiger partial charge in [0.15, 0.2) is 12.3 Å². The molecule has 0 aliphatic carbocycles. The number of anilines is 1. The van der Waals surface area contributed by atoms with Crippen LogP contribution in [0.5, 0.6) is 0 Å². The molecule has 148 valence electrons. The van der Waals surface area contributed by atoms with Crippen molar-refractivity contribution in [2.75, 3.05) is 18.1 Å². The summed E-state index contributed by atoms with van der Waals surface area (Å²) in [6.45, 7) is 5.62. The molecule has 0 saturated carbocycles. The normalized spacial score (nSPS) is 10.6. The largest absolute Gasteiger partial charge is 0.451 e. The zero-order valence-corrected chi connectivity index (χ0v) is 16.7. The van der Waals surface area contributed by atoms with Gasteiger partial charge >= 0.3 is 5.97 Å². The van der Waals surface area contributed by atoms with Crippen molar-refractivity contribution in [3.8, 4) is 6.07 Å². The zero-order valence-electron chi connectivity index (χ0n) is 16.7. The first-order valence-corrected chi connectivity index (χ1v) is 9.25. The van der Waals surface area contributed by atoms with Gasteiger partial charge in [0.2, 0.25) is 0 Å². The van der Waals surface area contributed by atoms with Gasteiger partial charge in [-0.15, -0.1) is 0 Å². The van der Waals surface area contributed by atoms with Crippen LogP contribution >= 0.6 is 0 Å². The van der Waals surface area contributed by atoms with Crippen molar-refractivity contribution in [2.24, 2.45) is 0 Å². The molecule has 0 bridgehead atoms. The molecule has 0 aliphatic rings. The number of aromatic nitrogens is 2. The van der Waals surface area contributed by atoms with Gasteiger partial charge in [-0.05, 0) is 61.7 Å². The number of aryl methyl sites for hydroxylation is 3. The number of carbonyl (C=O) groups is 2. The minimum absolute atomic E-state index is 0.137. The highest BCUT2D eigenvalue weighted by atomic mass is 16.5. The maximum Gasteiger partial charge on any atom is 0.359 e. The minimum atomic E-state index is -0.666. The molecule has 0 saturated heterocycles.